The maximum atomic E-state index is 15.1. The smallest absolute Gasteiger partial charge is 0.260 e. The highest BCUT2D eigenvalue weighted by atomic mass is 19.1. The predicted octanol–water partition coefficient (Wildman–Crippen LogP) is 2.48. The summed E-state index contributed by atoms with van der Waals surface area (Å²) in [6, 6.07) is 8.36. The molecule has 2 saturated heterocycles. The number of aliphatic hydroxyl groups excluding tert-OH is 2. The summed E-state index contributed by atoms with van der Waals surface area (Å²) in [7, 11) is 0. The quantitative estimate of drug-likeness (QED) is 0.533. The summed E-state index contributed by atoms with van der Waals surface area (Å²) in [5.74, 6) is 1.14. The fourth-order valence-corrected chi connectivity index (χ4v) is 5.08. The Morgan fingerprint density at radius 3 is 2.53 bits per heavy atom. The molecular weight excluding hydrogens is 465 g/mol. The van der Waals surface area contributed by atoms with Crippen molar-refractivity contribution in [2.24, 2.45) is 5.41 Å². The second-order valence-electron chi connectivity index (χ2n) is 10.3. The number of nitrogens with zero attached hydrogens (tertiary/aromatic N) is 4. The molecule has 3 N–H and O–H groups in total. The normalized spacial score (nSPS) is 21.5. The Bertz CT molecular complexity index is 1100. The molecule has 2 aliphatic heterocycles. The van der Waals surface area contributed by atoms with E-state index in [1.165, 1.54) is 25.0 Å². The summed E-state index contributed by atoms with van der Waals surface area (Å²) >= 11 is 0. The number of ether oxygens (including phenoxy) is 1. The number of carbonyl (C=O) groups is 1. The Morgan fingerprint density at radius 1 is 1.11 bits per heavy atom. The first-order valence-corrected chi connectivity index (χ1v) is 12.7. The van der Waals surface area contributed by atoms with Crippen molar-refractivity contribution in [1.82, 2.24) is 9.97 Å². The number of pyridine rings is 2. The van der Waals surface area contributed by atoms with E-state index in [-0.39, 0.29) is 11.8 Å². The van der Waals surface area contributed by atoms with Crippen LogP contribution >= 0.6 is 0 Å². The molecule has 2 aromatic rings. The van der Waals surface area contributed by atoms with Crippen LogP contribution < -0.4 is 15.1 Å². The number of carbonyl (C=O) groups excluding carboxylic acids is 1. The molecule has 1 atom stereocenters. The van der Waals surface area contributed by atoms with Crippen LogP contribution in [-0.2, 0) is 10.4 Å². The highest BCUT2D eigenvalue weighted by Gasteiger charge is 2.45. The van der Waals surface area contributed by atoms with Gasteiger partial charge in [0.1, 0.15) is 17.5 Å². The van der Waals surface area contributed by atoms with Crippen LogP contribution in [0.1, 0.15) is 48.7 Å². The van der Waals surface area contributed by atoms with Crippen LogP contribution in [0.5, 0.6) is 0 Å². The average Bonchev–Trinajstić information content (AvgIpc) is 3.67. The first kappa shape index (κ1) is 24.9. The molecule has 1 amide bonds. The molecule has 10 heteroatoms. The molecule has 4 heterocycles. The van der Waals surface area contributed by atoms with E-state index in [4.69, 9.17) is 4.74 Å². The van der Waals surface area contributed by atoms with Crippen molar-refractivity contribution < 1.29 is 24.1 Å². The summed E-state index contributed by atoms with van der Waals surface area (Å²) in [4.78, 5) is 26.6. The summed E-state index contributed by atoms with van der Waals surface area (Å²) < 4.78 is 20.7. The van der Waals surface area contributed by atoms with Gasteiger partial charge in [-0.1, -0.05) is 6.07 Å². The van der Waals surface area contributed by atoms with Gasteiger partial charge in [0.15, 0.2) is 5.67 Å². The lowest BCUT2D eigenvalue weighted by atomic mass is 9.93. The van der Waals surface area contributed by atoms with Crippen molar-refractivity contribution in [3.8, 4) is 0 Å². The van der Waals surface area contributed by atoms with Gasteiger partial charge in [-0.15, -0.1) is 0 Å². The number of hydrogen-bond donors (Lipinski definition) is 3. The average molecular weight is 500 g/mol. The zero-order valence-corrected chi connectivity index (χ0v) is 20.6. The molecule has 194 valence electrons. The van der Waals surface area contributed by atoms with Gasteiger partial charge >= 0.3 is 0 Å². The molecule has 0 aromatic carbocycles. The number of rotatable bonds is 7. The molecule has 1 spiro atoms. The molecule has 1 aliphatic carbocycles. The summed E-state index contributed by atoms with van der Waals surface area (Å²) in [6.07, 6.45) is 4.57. The molecule has 0 radical (unpaired) electrons. The van der Waals surface area contributed by atoms with Crippen molar-refractivity contribution in [3.05, 3.63) is 41.6 Å². The Balaban J connectivity index is 1.40. The van der Waals surface area contributed by atoms with Crippen molar-refractivity contribution >= 4 is 23.4 Å². The second-order valence-corrected chi connectivity index (χ2v) is 10.3. The van der Waals surface area contributed by atoms with Crippen LogP contribution in [0, 0.1) is 5.41 Å². The third-order valence-corrected chi connectivity index (χ3v) is 7.70. The largest absolute Gasteiger partial charge is 0.393 e. The number of alkyl halides is 1. The predicted molar refractivity (Wildman–Crippen MR) is 134 cm³/mol. The van der Waals surface area contributed by atoms with E-state index in [9.17, 15) is 15.0 Å². The Hall–Kier alpha value is -2.82. The van der Waals surface area contributed by atoms with Crippen molar-refractivity contribution in [2.45, 2.75) is 44.4 Å². The molecule has 9 nitrogen and oxygen atoms in total. The van der Waals surface area contributed by atoms with Gasteiger partial charge in [-0.05, 0) is 62.3 Å². The van der Waals surface area contributed by atoms with Crippen molar-refractivity contribution in [3.63, 3.8) is 0 Å². The van der Waals surface area contributed by atoms with Crippen molar-refractivity contribution in [1.29, 1.82) is 0 Å². The fraction of sp³-hybridized carbons (Fsp3) is 0.577. The molecular formula is C26H34FN5O4. The first-order chi connectivity index (χ1) is 17.3. The molecule has 5 rings (SSSR count). The highest BCUT2D eigenvalue weighted by molar-refractivity contribution is 6.07. The van der Waals surface area contributed by atoms with E-state index < -0.39 is 24.8 Å². The van der Waals surface area contributed by atoms with Gasteiger partial charge < -0.3 is 30.1 Å². The number of aromatic nitrogens is 2. The summed E-state index contributed by atoms with van der Waals surface area (Å²) in [5.41, 5.74) is -1.76. The minimum absolute atomic E-state index is 0.0904. The third kappa shape index (κ3) is 5.02. The Morgan fingerprint density at radius 2 is 1.86 bits per heavy atom. The lowest BCUT2D eigenvalue weighted by Gasteiger charge is -2.34. The molecule has 3 fully saturated rings. The van der Waals surface area contributed by atoms with E-state index in [1.54, 1.807) is 6.07 Å². The summed E-state index contributed by atoms with van der Waals surface area (Å²) in [5, 5.41) is 22.0. The first-order valence-electron chi connectivity index (χ1n) is 12.7. The maximum absolute atomic E-state index is 15.1. The fourth-order valence-electron chi connectivity index (χ4n) is 5.08. The molecule has 1 saturated carbocycles. The zero-order valence-electron chi connectivity index (χ0n) is 20.6. The van der Waals surface area contributed by atoms with Crippen LogP contribution in [-0.4, -0.2) is 78.2 Å². The topological polar surface area (TPSA) is 111 Å². The van der Waals surface area contributed by atoms with Gasteiger partial charge in [0.25, 0.3) is 5.91 Å². The minimum Gasteiger partial charge on any atom is -0.393 e. The van der Waals surface area contributed by atoms with E-state index in [0.29, 0.717) is 29.2 Å². The molecule has 2 aromatic heterocycles. The number of anilines is 3. The van der Waals surface area contributed by atoms with Gasteiger partial charge in [0.2, 0.25) is 0 Å². The number of piperidine rings is 1. The van der Waals surface area contributed by atoms with Crippen LogP contribution in [0.25, 0.3) is 0 Å². The number of amides is 1. The van der Waals surface area contributed by atoms with E-state index in [0.717, 1.165) is 44.8 Å². The lowest BCUT2D eigenvalue weighted by molar-refractivity contribution is 0.00964. The minimum atomic E-state index is -2.39. The standard InChI is InChI=1S/C26H34FN5O4/c1-18-15-32(13-14-36-18)22-4-2-3-21(29-22)30-24(35)19-5-6-20(26(27,16-33)17-34)28-23(19)31-11-9-25(7-8-25)10-12-31/h2-6,18,33-34H,7-17H2,1H3,(H,29,30,35)/t18-/m1/s1. The van der Waals surface area contributed by atoms with Crippen LogP contribution in [0.4, 0.5) is 21.8 Å². The van der Waals surface area contributed by atoms with Crippen molar-refractivity contribution in [2.75, 3.05) is 61.1 Å². The SMILES string of the molecule is C[C@@H]1CN(c2cccc(NC(=O)c3ccc(C(F)(CO)CO)nc3N3CCC4(CC3)CC4)n2)CCO1. The lowest BCUT2D eigenvalue weighted by Crippen LogP contribution is -2.41. The zero-order chi connectivity index (χ0) is 25.3. The van der Waals surface area contributed by atoms with Crippen LogP contribution in [0.2, 0.25) is 0 Å². The van der Waals surface area contributed by atoms with Gasteiger partial charge in [-0.2, -0.15) is 0 Å². The number of morpholine rings is 1. The van der Waals surface area contributed by atoms with Crippen LogP contribution in [0.15, 0.2) is 30.3 Å². The molecule has 36 heavy (non-hydrogen) atoms. The van der Waals surface area contributed by atoms with Gasteiger partial charge in [-0.3, -0.25) is 4.79 Å². The number of halogens is 1. The number of aliphatic hydroxyl groups is 2. The van der Waals surface area contributed by atoms with Gasteiger partial charge in [0, 0.05) is 26.2 Å². The monoisotopic (exact) mass is 499 g/mol. The number of nitrogens with one attached hydrogen (secondary N) is 1. The third-order valence-electron chi connectivity index (χ3n) is 7.70. The Kier molecular flexibility index (Phi) is 6.84. The molecule has 3 aliphatic rings. The Labute approximate surface area is 210 Å². The summed E-state index contributed by atoms with van der Waals surface area (Å²) in [6.45, 7) is 3.72. The molecule has 0 unspecified atom stereocenters. The van der Waals surface area contributed by atoms with E-state index in [2.05, 4.69) is 20.2 Å². The van der Waals surface area contributed by atoms with Crippen LogP contribution in [0.3, 0.4) is 0 Å². The molecule has 0 bridgehead atoms. The van der Waals surface area contributed by atoms with Gasteiger partial charge in [0.05, 0.1) is 37.2 Å². The maximum Gasteiger partial charge on any atom is 0.260 e. The van der Waals surface area contributed by atoms with E-state index >= 15 is 4.39 Å². The van der Waals surface area contributed by atoms with E-state index in [1.807, 2.05) is 24.0 Å². The second kappa shape index (κ2) is 9.91. The number of hydrogen-bond acceptors (Lipinski definition) is 8. The van der Waals surface area contributed by atoms with Gasteiger partial charge in [-0.25, -0.2) is 14.4 Å². The highest BCUT2D eigenvalue weighted by Crippen LogP contribution is 2.54.